The molecule has 1 fully saturated rings. The molecule has 8 heteroatoms. The topological polar surface area (TPSA) is 82.8 Å². The summed E-state index contributed by atoms with van der Waals surface area (Å²) in [6, 6.07) is 11.0. The highest BCUT2D eigenvalue weighted by atomic mass is 19.1. The van der Waals surface area contributed by atoms with Crippen LogP contribution in [0.25, 0.3) is 11.4 Å². The molecule has 4 rings (SSSR count). The number of nitriles is 1. The predicted molar refractivity (Wildman–Crippen MR) is 109 cm³/mol. The summed E-state index contributed by atoms with van der Waals surface area (Å²) in [5.74, 6) is -0.826. The summed E-state index contributed by atoms with van der Waals surface area (Å²) in [6.07, 6.45) is 4.65. The van der Waals surface area contributed by atoms with Crippen LogP contribution in [-0.4, -0.2) is 44.5 Å². The number of carbonyl (C=O) groups is 1. The summed E-state index contributed by atoms with van der Waals surface area (Å²) < 4.78 is 29.6. The molecule has 0 atom stereocenters. The SMILES string of the molecule is N#Cc1ccc(CC2(F)CCN(C(=O)c3cccnc3-c3ccncn3)CC2)c(F)c1. The number of piperidine rings is 1. The minimum absolute atomic E-state index is 0.0916. The molecule has 31 heavy (non-hydrogen) atoms. The number of nitrogens with zero attached hydrogens (tertiary/aromatic N) is 5. The Labute approximate surface area is 178 Å². The lowest BCUT2D eigenvalue weighted by atomic mass is 9.86. The van der Waals surface area contributed by atoms with E-state index in [4.69, 9.17) is 5.26 Å². The molecule has 0 spiro atoms. The second-order valence-corrected chi connectivity index (χ2v) is 7.53. The molecule has 156 valence electrons. The molecule has 1 aromatic carbocycles. The lowest BCUT2D eigenvalue weighted by Gasteiger charge is -2.36. The van der Waals surface area contributed by atoms with Crippen molar-refractivity contribution in [3.63, 3.8) is 0 Å². The van der Waals surface area contributed by atoms with Gasteiger partial charge in [0.05, 0.1) is 22.9 Å². The van der Waals surface area contributed by atoms with Gasteiger partial charge < -0.3 is 4.90 Å². The summed E-state index contributed by atoms with van der Waals surface area (Å²) in [7, 11) is 0. The van der Waals surface area contributed by atoms with Gasteiger partial charge in [0, 0.05) is 31.9 Å². The van der Waals surface area contributed by atoms with Crippen LogP contribution in [0.4, 0.5) is 8.78 Å². The molecular weight excluding hydrogens is 400 g/mol. The molecule has 2 aromatic heterocycles. The van der Waals surface area contributed by atoms with Gasteiger partial charge in [-0.25, -0.2) is 18.7 Å². The molecule has 0 radical (unpaired) electrons. The minimum Gasteiger partial charge on any atom is -0.338 e. The molecule has 1 amide bonds. The zero-order valence-corrected chi connectivity index (χ0v) is 16.6. The van der Waals surface area contributed by atoms with Gasteiger partial charge in [-0.3, -0.25) is 9.78 Å². The number of hydrogen-bond acceptors (Lipinski definition) is 5. The number of halogens is 2. The van der Waals surface area contributed by atoms with Crippen molar-refractivity contribution in [2.45, 2.75) is 24.9 Å². The van der Waals surface area contributed by atoms with E-state index in [1.807, 2.05) is 6.07 Å². The summed E-state index contributed by atoms with van der Waals surface area (Å²) in [6.45, 7) is 0.427. The quantitative estimate of drug-likeness (QED) is 0.643. The summed E-state index contributed by atoms with van der Waals surface area (Å²) in [5.41, 5.74) is 0.200. The zero-order valence-electron chi connectivity index (χ0n) is 16.6. The van der Waals surface area contributed by atoms with Gasteiger partial charge in [-0.15, -0.1) is 0 Å². The molecule has 0 N–H and O–H groups in total. The Hall–Kier alpha value is -3.73. The maximum Gasteiger partial charge on any atom is 0.256 e. The monoisotopic (exact) mass is 419 g/mol. The maximum atomic E-state index is 15.4. The van der Waals surface area contributed by atoms with Crippen molar-refractivity contribution < 1.29 is 13.6 Å². The van der Waals surface area contributed by atoms with Crippen molar-refractivity contribution in [1.82, 2.24) is 19.9 Å². The van der Waals surface area contributed by atoms with Crippen LogP contribution in [0.5, 0.6) is 0 Å². The number of rotatable bonds is 4. The standard InChI is InChI=1S/C23H19F2N5O/c24-19-12-16(14-26)3-4-17(19)13-23(25)6-10-30(11-7-23)22(31)18-2-1-8-28-21(18)20-5-9-27-15-29-20/h1-5,8-9,12,15H,6-7,10-11,13H2. The highest BCUT2D eigenvalue weighted by Gasteiger charge is 2.37. The van der Waals surface area contributed by atoms with Gasteiger partial charge in [0.2, 0.25) is 0 Å². The van der Waals surface area contributed by atoms with Crippen molar-refractivity contribution >= 4 is 5.91 Å². The van der Waals surface area contributed by atoms with E-state index in [-0.39, 0.29) is 49.4 Å². The fourth-order valence-electron chi connectivity index (χ4n) is 3.77. The molecule has 1 aliphatic heterocycles. The van der Waals surface area contributed by atoms with Crippen LogP contribution in [-0.2, 0) is 6.42 Å². The highest BCUT2D eigenvalue weighted by molar-refractivity contribution is 5.99. The fourth-order valence-corrected chi connectivity index (χ4v) is 3.77. The van der Waals surface area contributed by atoms with E-state index in [1.54, 1.807) is 35.5 Å². The van der Waals surface area contributed by atoms with Gasteiger partial charge in [0.1, 0.15) is 23.5 Å². The van der Waals surface area contributed by atoms with Crippen LogP contribution in [0.1, 0.15) is 34.3 Å². The normalized spacial score (nSPS) is 15.3. The van der Waals surface area contributed by atoms with E-state index in [2.05, 4.69) is 15.0 Å². The first-order chi connectivity index (χ1) is 15.0. The Morgan fingerprint density at radius 1 is 1.16 bits per heavy atom. The van der Waals surface area contributed by atoms with Crippen LogP contribution in [0.15, 0.2) is 55.1 Å². The second-order valence-electron chi connectivity index (χ2n) is 7.53. The summed E-state index contributed by atoms with van der Waals surface area (Å²) in [5, 5.41) is 8.85. The Balaban J connectivity index is 1.47. The first-order valence-electron chi connectivity index (χ1n) is 9.87. The van der Waals surface area contributed by atoms with E-state index in [9.17, 15) is 9.18 Å². The van der Waals surface area contributed by atoms with Gasteiger partial charge in [0.25, 0.3) is 5.91 Å². The maximum absolute atomic E-state index is 15.4. The Morgan fingerprint density at radius 3 is 2.65 bits per heavy atom. The molecular formula is C23H19F2N5O. The van der Waals surface area contributed by atoms with Crippen molar-refractivity contribution in [3.05, 3.63) is 77.6 Å². The average Bonchev–Trinajstić information content (AvgIpc) is 2.81. The van der Waals surface area contributed by atoms with Crippen molar-refractivity contribution in [2.24, 2.45) is 0 Å². The number of pyridine rings is 1. The molecule has 3 heterocycles. The number of alkyl halides is 1. The molecule has 0 unspecified atom stereocenters. The number of aromatic nitrogens is 3. The van der Waals surface area contributed by atoms with Crippen LogP contribution >= 0.6 is 0 Å². The number of benzene rings is 1. The van der Waals surface area contributed by atoms with Gasteiger partial charge in [-0.1, -0.05) is 6.07 Å². The molecule has 0 aliphatic carbocycles. The van der Waals surface area contributed by atoms with E-state index in [0.29, 0.717) is 17.0 Å². The fraction of sp³-hybridized carbons (Fsp3) is 0.261. The van der Waals surface area contributed by atoms with Gasteiger partial charge in [0.15, 0.2) is 0 Å². The molecule has 6 nitrogen and oxygen atoms in total. The number of amides is 1. The van der Waals surface area contributed by atoms with Crippen LogP contribution in [0.3, 0.4) is 0 Å². The van der Waals surface area contributed by atoms with E-state index in [1.165, 1.54) is 18.5 Å². The Bertz CT molecular complexity index is 1140. The summed E-state index contributed by atoms with van der Waals surface area (Å²) >= 11 is 0. The van der Waals surface area contributed by atoms with E-state index >= 15 is 4.39 Å². The molecule has 3 aromatic rings. The summed E-state index contributed by atoms with van der Waals surface area (Å²) in [4.78, 5) is 27.1. The van der Waals surface area contributed by atoms with Crippen molar-refractivity contribution in [1.29, 1.82) is 5.26 Å². The van der Waals surface area contributed by atoms with Crippen LogP contribution in [0.2, 0.25) is 0 Å². The third kappa shape index (κ3) is 4.40. The first-order valence-corrected chi connectivity index (χ1v) is 9.87. The number of likely N-dealkylation sites (tertiary alicyclic amines) is 1. The predicted octanol–water partition coefficient (Wildman–Crippen LogP) is 3.74. The lowest BCUT2D eigenvalue weighted by Crippen LogP contribution is -2.45. The smallest absolute Gasteiger partial charge is 0.256 e. The third-order valence-electron chi connectivity index (χ3n) is 5.50. The van der Waals surface area contributed by atoms with Crippen molar-refractivity contribution in [2.75, 3.05) is 13.1 Å². The first kappa shape index (κ1) is 20.5. The van der Waals surface area contributed by atoms with Crippen LogP contribution in [0, 0.1) is 17.1 Å². The third-order valence-corrected chi connectivity index (χ3v) is 5.50. The Kier molecular flexibility index (Phi) is 5.67. The van der Waals surface area contributed by atoms with Crippen LogP contribution < -0.4 is 0 Å². The molecule has 0 saturated carbocycles. The van der Waals surface area contributed by atoms with E-state index < -0.39 is 11.5 Å². The molecule has 0 bridgehead atoms. The average molecular weight is 419 g/mol. The second kappa shape index (κ2) is 8.56. The molecule has 1 aliphatic rings. The number of carbonyl (C=O) groups excluding carboxylic acids is 1. The Morgan fingerprint density at radius 2 is 1.97 bits per heavy atom. The largest absolute Gasteiger partial charge is 0.338 e. The minimum atomic E-state index is -1.61. The molecule has 1 saturated heterocycles. The number of hydrogen-bond donors (Lipinski definition) is 0. The zero-order chi connectivity index (χ0) is 21.8. The van der Waals surface area contributed by atoms with Crippen molar-refractivity contribution in [3.8, 4) is 17.5 Å². The van der Waals surface area contributed by atoms with E-state index in [0.717, 1.165) is 6.07 Å². The van der Waals surface area contributed by atoms with Gasteiger partial charge in [-0.2, -0.15) is 5.26 Å². The van der Waals surface area contributed by atoms with Gasteiger partial charge in [-0.05, 0) is 48.7 Å². The lowest BCUT2D eigenvalue weighted by molar-refractivity contribution is 0.0434. The van der Waals surface area contributed by atoms with Gasteiger partial charge >= 0.3 is 0 Å². The highest BCUT2D eigenvalue weighted by Crippen LogP contribution is 2.32.